The minimum Gasteiger partial charge on any atom is -0.443 e. The number of amides is 1. The van der Waals surface area contributed by atoms with E-state index in [9.17, 15) is 13.2 Å². The summed E-state index contributed by atoms with van der Waals surface area (Å²) in [7, 11) is -2.23. The van der Waals surface area contributed by atoms with Gasteiger partial charge in [0.1, 0.15) is 5.60 Å². The van der Waals surface area contributed by atoms with Crippen molar-refractivity contribution in [1.29, 1.82) is 0 Å². The number of carbonyl (C=O) groups is 1. The number of sulfone groups is 1. The average molecular weight is 379 g/mol. The van der Waals surface area contributed by atoms with Crippen molar-refractivity contribution in [2.24, 2.45) is 0 Å². The first kappa shape index (κ1) is 20.2. The van der Waals surface area contributed by atoms with E-state index in [0.717, 1.165) is 5.56 Å². The molecule has 1 heterocycles. The molecule has 0 bridgehead atoms. The predicted octanol–water partition coefficient (Wildman–Crippen LogP) is 3.43. The van der Waals surface area contributed by atoms with E-state index in [1.807, 2.05) is 6.92 Å². The molecule has 1 aliphatic heterocycles. The van der Waals surface area contributed by atoms with Gasteiger partial charge in [0, 0.05) is 13.3 Å². The van der Waals surface area contributed by atoms with Crippen LogP contribution in [0.25, 0.3) is 0 Å². The summed E-state index contributed by atoms with van der Waals surface area (Å²) in [6.07, 6.45) is 3.82. The smallest absolute Gasteiger partial charge is 0.415 e. The third kappa shape index (κ3) is 4.74. The fraction of sp³-hybridized carbons (Fsp3) is 0.421. The average Bonchev–Trinajstić information content (AvgIpc) is 2.54. The Hall–Kier alpha value is -2.12. The van der Waals surface area contributed by atoms with Gasteiger partial charge in [-0.25, -0.2) is 13.2 Å². The highest BCUT2D eigenvalue weighted by molar-refractivity contribution is 7.95. The Bertz CT molecular complexity index is 816. The van der Waals surface area contributed by atoms with Gasteiger partial charge in [0.05, 0.1) is 22.4 Å². The van der Waals surface area contributed by atoms with Gasteiger partial charge in [-0.2, -0.15) is 0 Å². The van der Waals surface area contributed by atoms with Crippen molar-refractivity contribution in [2.45, 2.75) is 44.2 Å². The molecule has 0 spiro atoms. The van der Waals surface area contributed by atoms with E-state index in [1.54, 1.807) is 51.1 Å². The summed E-state index contributed by atoms with van der Waals surface area (Å²) in [6, 6.07) is 6.14. The molecule has 1 aliphatic rings. The standard InChI is InChI=1S/C19H25NO5S/c1-14-6-9-16(10-7-14)26(22,23)17-11-8-15(13-24-5)20(12-17)18(21)25-19(2,3)4/h6-12,15H,13H2,1-5H3. The maximum absolute atomic E-state index is 12.9. The lowest BCUT2D eigenvalue weighted by molar-refractivity contribution is 0.0230. The lowest BCUT2D eigenvalue weighted by atomic mass is 10.2. The van der Waals surface area contributed by atoms with Gasteiger partial charge in [0.15, 0.2) is 0 Å². The highest BCUT2D eigenvalue weighted by atomic mass is 32.2. The van der Waals surface area contributed by atoms with E-state index < -0.39 is 27.6 Å². The quantitative estimate of drug-likeness (QED) is 0.801. The molecule has 0 radical (unpaired) electrons. The summed E-state index contributed by atoms with van der Waals surface area (Å²) in [4.78, 5) is 14.0. The largest absolute Gasteiger partial charge is 0.443 e. The van der Waals surface area contributed by atoms with Gasteiger partial charge < -0.3 is 9.47 Å². The summed E-state index contributed by atoms with van der Waals surface area (Å²) < 4.78 is 36.3. The number of carbonyl (C=O) groups excluding carboxylic acids is 1. The lowest BCUT2D eigenvalue weighted by Gasteiger charge is -2.31. The lowest BCUT2D eigenvalue weighted by Crippen LogP contribution is -2.42. The Kier molecular flexibility index (Phi) is 5.93. The van der Waals surface area contributed by atoms with Gasteiger partial charge in [-0.3, -0.25) is 4.90 Å². The van der Waals surface area contributed by atoms with Gasteiger partial charge in [-0.15, -0.1) is 0 Å². The van der Waals surface area contributed by atoms with E-state index in [4.69, 9.17) is 9.47 Å². The van der Waals surface area contributed by atoms with Crippen LogP contribution in [0.2, 0.25) is 0 Å². The normalized spacial score (nSPS) is 17.8. The number of rotatable bonds is 4. The van der Waals surface area contributed by atoms with Crippen molar-refractivity contribution in [2.75, 3.05) is 13.7 Å². The molecule has 0 aliphatic carbocycles. The monoisotopic (exact) mass is 379 g/mol. The van der Waals surface area contributed by atoms with E-state index in [2.05, 4.69) is 0 Å². The Morgan fingerprint density at radius 3 is 2.35 bits per heavy atom. The van der Waals surface area contributed by atoms with Crippen LogP contribution in [0.1, 0.15) is 26.3 Å². The zero-order chi connectivity index (χ0) is 19.5. The summed E-state index contributed by atoms with van der Waals surface area (Å²) >= 11 is 0. The van der Waals surface area contributed by atoms with Gasteiger partial charge in [-0.05, 0) is 45.9 Å². The first-order valence-electron chi connectivity index (χ1n) is 8.26. The van der Waals surface area contributed by atoms with Crippen molar-refractivity contribution >= 4 is 15.9 Å². The summed E-state index contributed by atoms with van der Waals surface area (Å²) in [5, 5.41) is 0. The number of nitrogens with zero attached hydrogens (tertiary/aromatic N) is 1. The Labute approximate surface area is 155 Å². The molecule has 0 aromatic heterocycles. The van der Waals surface area contributed by atoms with Crippen molar-refractivity contribution in [3.63, 3.8) is 0 Å². The zero-order valence-corrected chi connectivity index (χ0v) is 16.5. The molecule has 0 N–H and O–H groups in total. The molecule has 0 saturated carbocycles. The molecular formula is C19H25NO5S. The Morgan fingerprint density at radius 2 is 1.81 bits per heavy atom. The minimum atomic E-state index is -3.74. The molecule has 0 fully saturated rings. The van der Waals surface area contributed by atoms with Gasteiger partial charge in [0.2, 0.25) is 9.84 Å². The molecule has 142 valence electrons. The first-order chi connectivity index (χ1) is 12.0. The van der Waals surface area contributed by atoms with Crippen LogP contribution in [0.3, 0.4) is 0 Å². The van der Waals surface area contributed by atoms with E-state index in [0.29, 0.717) is 0 Å². The zero-order valence-electron chi connectivity index (χ0n) is 15.7. The van der Waals surface area contributed by atoms with Gasteiger partial charge in [-0.1, -0.05) is 23.8 Å². The first-order valence-corrected chi connectivity index (χ1v) is 9.75. The topological polar surface area (TPSA) is 72.9 Å². The Balaban J connectivity index is 2.39. The fourth-order valence-electron chi connectivity index (χ4n) is 2.40. The minimum absolute atomic E-state index is 0.0274. The number of aryl methyl sites for hydroxylation is 1. The number of hydrogen-bond acceptors (Lipinski definition) is 5. The maximum atomic E-state index is 12.9. The molecule has 7 heteroatoms. The maximum Gasteiger partial charge on any atom is 0.415 e. The second-order valence-corrected chi connectivity index (χ2v) is 9.07. The molecule has 1 unspecified atom stereocenters. The van der Waals surface area contributed by atoms with Crippen molar-refractivity contribution in [3.8, 4) is 0 Å². The highest BCUT2D eigenvalue weighted by Gasteiger charge is 2.31. The molecular weight excluding hydrogens is 354 g/mol. The van der Waals surface area contributed by atoms with Crippen LogP contribution in [-0.4, -0.2) is 44.8 Å². The third-order valence-electron chi connectivity index (χ3n) is 3.69. The molecule has 1 amide bonds. The molecule has 1 aromatic carbocycles. The number of ether oxygens (including phenoxy) is 2. The van der Waals surface area contributed by atoms with Crippen LogP contribution in [0.4, 0.5) is 4.79 Å². The summed E-state index contributed by atoms with van der Waals surface area (Å²) in [5.41, 5.74) is 0.271. The van der Waals surface area contributed by atoms with Crippen molar-refractivity contribution < 1.29 is 22.7 Å². The van der Waals surface area contributed by atoms with E-state index in [1.165, 1.54) is 24.3 Å². The van der Waals surface area contributed by atoms with Crippen LogP contribution < -0.4 is 0 Å². The Morgan fingerprint density at radius 1 is 1.19 bits per heavy atom. The van der Waals surface area contributed by atoms with Crippen LogP contribution in [0.15, 0.2) is 52.4 Å². The third-order valence-corrected chi connectivity index (χ3v) is 5.44. The molecule has 1 atom stereocenters. The van der Waals surface area contributed by atoms with Gasteiger partial charge >= 0.3 is 6.09 Å². The van der Waals surface area contributed by atoms with Crippen molar-refractivity contribution in [1.82, 2.24) is 4.90 Å². The number of benzene rings is 1. The summed E-state index contributed by atoms with van der Waals surface area (Å²) in [6.45, 7) is 7.37. The highest BCUT2D eigenvalue weighted by Crippen LogP contribution is 2.26. The molecule has 6 nitrogen and oxygen atoms in total. The number of allylic oxidation sites excluding steroid dienone is 1. The SMILES string of the molecule is COCC1C=CC(S(=O)(=O)c2ccc(C)cc2)=CN1C(=O)OC(C)(C)C. The van der Waals surface area contributed by atoms with Crippen LogP contribution >= 0.6 is 0 Å². The van der Waals surface area contributed by atoms with Crippen LogP contribution in [-0.2, 0) is 19.3 Å². The van der Waals surface area contributed by atoms with Gasteiger partial charge in [0.25, 0.3) is 0 Å². The van der Waals surface area contributed by atoms with Crippen molar-refractivity contribution in [3.05, 3.63) is 53.1 Å². The summed E-state index contributed by atoms with van der Waals surface area (Å²) in [5.74, 6) is 0. The number of hydrogen-bond donors (Lipinski definition) is 0. The van der Waals surface area contributed by atoms with E-state index >= 15 is 0 Å². The number of methoxy groups -OCH3 is 1. The molecule has 1 aromatic rings. The molecule has 2 rings (SSSR count). The van der Waals surface area contributed by atoms with Crippen LogP contribution in [0.5, 0.6) is 0 Å². The van der Waals surface area contributed by atoms with Crippen LogP contribution in [0, 0.1) is 6.92 Å². The van der Waals surface area contributed by atoms with E-state index in [-0.39, 0.29) is 16.4 Å². The fourth-order valence-corrected chi connectivity index (χ4v) is 3.67. The second kappa shape index (κ2) is 7.63. The molecule has 0 saturated heterocycles. The second-order valence-electron chi connectivity index (χ2n) is 7.12. The molecule has 26 heavy (non-hydrogen) atoms. The predicted molar refractivity (Wildman–Crippen MR) is 99.3 cm³/mol.